The summed E-state index contributed by atoms with van der Waals surface area (Å²) >= 11 is 0. The Hall–Kier alpha value is -4.88. The third-order valence-electron chi connectivity index (χ3n) is 6.60. The van der Waals surface area contributed by atoms with Crippen LogP contribution < -0.4 is 14.8 Å². The molecule has 0 spiro atoms. The van der Waals surface area contributed by atoms with Gasteiger partial charge >= 0.3 is 12.1 Å². The van der Waals surface area contributed by atoms with Crippen LogP contribution in [-0.2, 0) is 29.0 Å². The van der Waals surface area contributed by atoms with Crippen molar-refractivity contribution in [2.45, 2.75) is 19.4 Å². The van der Waals surface area contributed by atoms with Crippen molar-refractivity contribution in [1.29, 1.82) is 0 Å². The van der Waals surface area contributed by atoms with Gasteiger partial charge in [0.25, 0.3) is 0 Å². The van der Waals surface area contributed by atoms with Crippen LogP contribution in [0, 0.1) is 0 Å². The number of allylic oxidation sites excluding steroid dienone is 2. The van der Waals surface area contributed by atoms with Gasteiger partial charge in [0, 0.05) is 6.54 Å². The van der Waals surface area contributed by atoms with Gasteiger partial charge in [0.15, 0.2) is 0 Å². The molecule has 0 aliphatic rings. The number of hydrogen-bond donors (Lipinski definition) is 1. The van der Waals surface area contributed by atoms with E-state index in [1.807, 2.05) is 86.9 Å². The second-order valence-electron chi connectivity index (χ2n) is 10.3. The van der Waals surface area contributed by atoms with Gasteiger partial charge in [-0.2, -0.15) is 0 Å². The minimum Gasteiger partial charge on any atom is -0.492 e. The van der Waals surface area contributed by atoms with E-state index in [0.717, 1.165) is 41.8 Å². The van der Waals surface area contributed by atoms with Crippen molar-refractivity contribution in [2.24, 2.45) is 0 Å². The lowest BCUT2D eigenvalue weighted by atomic mass is 9.96. The van der Waals surface area contributed by atoms with E-state index >= 15 is 0 Å². The van der Waals surface area contributed by atoms with E-state index in [1.54, 1.807) is 12.1 Å². The minimum absolute atomic E-state index is 0.126. The molecule has 4 aromatic carbocycles. The zero-order valence-electron chi connectivity index (χ0n) is 24.7. The Kier molecular flexibility index (Phi) is 11.9. The number of likely N-dealkylation sites (N-methyl/N-ethyl adjacent to an activating group) is 1. The van der Waals surface area contributed by atoms with Crippen LogP contribution >= 0.6 is 0 Å². The largest absolute Gasteiger partial charge is 0.492 e. The van der Waals surface area contributed by atoms with E-state index in [4.69, 9.17) is 14.2 Å². The zero-order valence-corrected chi connectivity index (χ0v) is 24.7. The fourth-order valence-corrected chi connectivity index (χ4v) is 4.23. The van der Waals surface area contributed by atoms with E-state index in [1.165, 1.54) is 11.1 Å². The first-order valence-electron chi connectivity index (χ1n) is 14.3. The SMILES string of the molecule is CN(C)CCOc1ccc(CC=C(Cc2ccc(OC(=O)CNC(=O)OCc3ccccc3)cc2)c2ccccc2)cc1. The van der Waals surface area contributed by atoms with Gasteiger partial charge in [-0.05, 0) is 79.0 Å². The summed E-state index contributed by atoms with van der Waals surface area (Å²) in [6.45, 7) is 1.36. The van der Waals surface area contributed by atoms with E-state index in [9.17, 15) is 9.59 Å². The molecular formula is C36H38N2O5. The van der Waals surface area contributed by atoms with Crippen molar-refractivity contribution >= 4 is 17.6 Å². The summed E-state index contributed by atoms with van der Waals surface area (Å²) < 4.78 is 16.3. The van der Waals surface area contributed by atoms with Gasteiger partial charge in [-0.25, -0.2) is 9.59 Å². The Bertz CT molecular complexity index is 1450. The number of carbonyl (C=O) groups is 2. The van der Waals surface area contributed by atoms with Crippen molar-refractivity contribution in [1.82, 2.24) is 10.2 Å². The normalized spacial score (nSPS) is 11.2. The van der Waals surface area contributed by atoms with Crippen molar-refractivity contribution in [2.75, 3.05) is 33.8 Å². The minimum atomic E-state index is -0.680. The van der Waals surface area contributed by atoms with Gasteiger partial charge in [0.2, 0.25) is 0 Å². The summed E-state index contributed by atoms with van der Waals surface area (Å²) in [5, 5.41) is 2.42. The Morgan fingerprint density at radius 1 is 0.744 bits per heavy atom. The number of ether oxygens (including phenoxy) is 3. The molecule has 0 saturated carbocycles. The first-order chi connectivity index (χ1) is 20.9. The molecule has 0 aliphatic carbocycles. The van der Waals surface area contributed by atoms with Crippen molar-refractivity contribution in [3.05, 3.63) is 138 Å². The lowest BCUT2D eigenvalue weighted by Gasteiger charge is -2.12. The molecule has 7 nitrogen and oxygen atoms in total. The highest BCUT2D eigenvalue weighted by Gasteiger charge is 2.10. The van der Waals surface area contributed by atoms with Crippen molar-refractivity contribution < 1.29 is 23.8 Å². The zero-order chi connectivity index (χ0) is 30.3. The standard InChI is InChI=1S/C36H38N2O5/c1-38(2)23-24-41-33-19-14-28(15-20-33)13-18-32(31-11-7-4-8-12-31)25-29-16-21-34(22-17-29)43-35(39)26-37-36(40)42-27-30-9-5-3-6-10-30/h3-12,14-22H,13,23-27H2,1-2H3,(H,37,40). The van der Waals surface area contributed by atoms with Crippen molar-refractivity contribution in [3.8, 4) is 11.5 Å². The molecular weight excluding hydrogens is 540 g/mol. The number of amides is 1. The highest BCUT2D eigenvalue weighted by atomic mass is 16.6. The molecule has 0 atom stereocenters. The van der Waals surface area contributed by atoms with Crippen LogP contribution in [0.1, 0.15) is 22.3 Å². The third-order valence-corrected chi connectivity index (χ3v) is 6.60. The molecule has 0 bridgehead atoms. The maximum absolute atomic E-state index is 12.2. The maximum Gasteiger partial charge on any atom is 0.407 e. The van der Waals surface area contributed by atoms with Crippen LogP contribution in [0.4, 0.5) is 4.79 Å². The molecule has 4 rings (SSSR count). The number of hydrogen-bond acceptors (Lipinski definition) is 6. The number of nitrogens with one attached hydrogen (secondary N) is 1. The third kappa shape index (κ3) is 11.1. The predicted molar refractivity (Wildman–Crippen MR) is 169 cm³/mol. The van der Waals surface area contributed by atoms with Crippen LogP contribution in [-0.4, -0.2) is 50.8 Å². The summed E-state index contributed by atoms with van der Waals surface area (Å²) in [7, 11) is 4.06. The molecule has 0 heterocycles. The van der Waals surface area contributed by atoms with Crippen LogP contribution in [0.15, 0.2) is 115 Å². The molecule has 0 radical (unpaired) electrons. The smallest absolute Gasteiger partial charge is 0.407 e. The molecule has 1 N–H and O–H groups in total. The molecule has 222 valence electrons. The van der Waals surface area contributed by atoms with Gasteiger partial charge in [-0.15, -0.1) is 0 Å². The number of carbonyl (C=O) groups excluding carboxylic acids is 2. The summed E-state index contributed by atoms with van der Waals surface area (Å²) in [4.78, 5) is 26.2. The number of esters is 1. The topological polar surface area (TPSA) is 77.1 Å². The molecule has 43 heavy (non-hydrogen) atoms. The molecule has 0 aliphatic heterocycles. The van der Waals surface area contributed by atoms with Gasteiger partial charge in [-0.3, -0.25) is 0 Å². The quantitative estimate of drug-likeness (QED) is 0.139. The van der Waals surface area contributed by atoms with Gasteiger partial charge in [0.1, 0.15) is 31.3 Å². The molecule has 7 heteroatoms. The number of alkyl carbamates (subject to hydrolysis) is 1. The predicted octanol–water partition coefficient (Wildman–Crippen LogP) is 6.33. The lowest BCUT2D eigenvalue weighted by Crippen LogP contribution is -2.32. The Labute approximate surface area is 253 Å². The van der Waals surface area contributed by atoms with E-state index < -0.39 is 12.1 Å². The highest BCUT2D eigenvalue weighted by molar-refractivity contribution is 5.79. The average molecular weight is 579 g/mol. The second kappa shape index (κ2) is 16.5. The van der Waals surface area contributed by atoms with Gasteiger partial charge in [0.05, 0.1) is 0 Å². The first-order valence-corrected chi connectivity index (χ1v) is 14.3. The summed E-state index contributed by atoms with van der Waals surface area (Å²) in [6.07, 6.45) is 3.09. The maximum atomic E-state index is 12.2. The average Bonchev–Trinajstić information content (AvgIpc) is 3.03. The number of nitrogens with zero attached hydrogens (tertiary/aromatic N) is 1. The van der Waals surface area contributed by atoms with Crippen LogP contribution in [0.5, 0.6) is 11.5 Å². The summed E-state index contributed by atoms with van der Waals surface area (Å²) in [5.41, 5.74) is 5.51. The lowest BCUT2D eigenvalue weighted by molar-refractivity contribution is -0.133. The molecule has 0 saturated heterocycles. The van der Waals surface area contributed by atoms with Gasteiger partial charge in [-0.1, -0.05) is 91.0 Å². The van der Waals surface area contributed by atoms with Crippen LogP contribution in [0.2, 0.25) is 0 Å². The fourth-order valence-electron chi connectivity index (χ4n) is 4.23. The first kappa shape index (κ1) is 31.1. The molecule has 0 aromatic heterocycles. The Morgan fingerprint density at radius 3 is 2.05 bits per heavy atom. The van der Waals surface area contributed by atoms with Crippen molar-refractivity contribution in [3.63, 3.8) is 0 Å². The van der Waals surface area contributed by atoms with Crippen LogP contribution in [0.3, 0.4) is 0 Å². The monoisotopic (exact) mass is 578 g/mol. The molecule has 0 unspecified atom stereocenters. The molecule has 1 amide bonds. The fraction of sp³-hybridized carbons (Fsp3) is 0.222. The van der Waals surface area contributed by atoms with E-state index in [-0.39, 0.29) is 13.2 Å². The van der Waals surface area contributed by atoms with E-state index in [0.29, 0.717) is 12.4 Å². The molecule has 4 aromatic rings. The van der Waals surface area contributed by atoms with E-state index in [2.05, 4.69) is 40.6 Å². The highest BCUT2D eigenvalue weighted by Crippen LogP contribution is 2.23. The summed E-state index contributed by atoms with van der Waals surface area (Å²) in [6, 6.07) is 35.3. The van der Waals surface area contributed by atoms with Crippen LogP contribution in [0.25, 0.3) is 5.57 Å². The second-order valence-corrected chi connectivity index (χ2v) is 10.3. The number of rotatable bonds is 14. The molecule has 0 fully saturated rings. The number of benzene rings is 4. The van der Waals surface area contributed by atoms with Gasteiger partial charge < -0.3 is 24.4 Å². The Balaban J connectivity index is 1.29. The Morgan fingerprint density at radius 2 is 1.37 bits per heavy atom. The summed E-state index contributed by atoms with van der Waals surface area (Å²) in [5.74, 6) is 0.701.